The van der Waals surface area contributed by atoms with Gasteiger partial charge in [-0.2, -0.15) is 0 Å². The van der Waals surface area contributed by atoms with Crippen molar-refractivity contribution in [3.8, 4) is 11.5 Å². The SMILES string of the molecule is COc1ccc2c(Nc3c(Cl)cncc3Cl)cc(=O)[nH]c2c1OCCCCC(=O)NC(Cc1cnc[nH]1)C(=O)O. The fourth-order valence-electron chi connectivity index (χ4n) is 4.00. The van der Waals surface area contributed by atoms with Crippen molar-refractivity contribution in [2.24, 2.45) is 0 Å². The Balaban J connectivity index is 1.41. The van der Waals surface area contributed by atoms with Crippen LogP contribution in [-0.2, 0) is 16.0 Å². The molecule has 4 rings (SSSR count). The summed E-state index contributed by atoms with van der Waals surface area (Å²) in [5, 5.41) is 16.2. The molecule has 0 aliphatic heterocycles. The van der Waals surface area contributed by atoms with Gasteiger partial charge in [0, 0.05) is 48.6 Å². The maximum absolute atomic E-state index is 12.5. The Morgan fingerprint density at radius 2 is 1.90 bits per heavy atom. The molecule has 0 saturated carbocycles. The number of carboxylic acid groups (broad SMARTS) is 1. The van der Waals surface area contributed by atoms with Gasteiger partial charge in [0.15, 0.2) is 11.5 Å². The van der Waals surface area contributed by atoms with E-state index in [2.05, 4.69) is 30.6 Å². The Labute approximate surface area is 238 Å². The highest BCUT2D eigenvalue weighted by Crippen LogP contribution is 2.39. The third-order valence-electron chi connectivity index (χ3n) is 5.93. The molecule has 1 amide bonds. The Hall–Kier alpha value is -4.29. The number of imidazole rings is 1. The first-order valence-corrected chi connectivity index (χ1v) is 12.9. The van der Waals surface area contributed by atoms with Crippen molar-refractivity contribution in [2.75, 3.05) is 19.0 Å². The fraction of sp³-hybridized carbons (Fsp3) is 0.269. The number of unbranched alkanes of at least 4 members (excludes halogenated alkanes) is 1. The minimum atomic E-state index is -1.13. The number of fused-ring (bicyclic) bond motifs is 1. The monoisotopic (exact) mass is 588 g/mol. The van der Waals surface area contributed by atoms with Gasteiger partial charge in [0.25, 0.3) is 5.56 Å². The third kappa shape index (κ3) is 7.01. The zero-order chi connectivity index (χ0) is 28.6. The van der Waals surface area contributed by atoms with Crippen LogP contribution in [0.15, 0.2) is 47.9 Å². The molecule has 5 N–H and O–H groups in total. The standard InChI is InChI=1S/C26H26Cl2N6O6/c1-39-20-6-5-15-18(33-24-16(27)11-29-12-17(24)28)9-22(36)34-23(15)25(20)40-7-3-2-4-21(35)32-19(26(37)38)8-14-10-30-13-31-14/h5-6,9-13,19H,2-4,7-8H2,1H3,(H,30,31)(H,32,35)(H,37,38)(H2,29,33,34,36). The highest BCUT2D eigenvalue weighted by atomic mass is 35.5. The van der Waals surface area contributed by atoms with Gasteiger partial charge in [0.05, 0.1) is 47.0 Å². The van der Waals surface area contributed by atoms with E-state index in [1.165, 1.54) is 38.1 Å². The number of aromatic amines is 2. The van der Waals surface area contributed by atoms with Crippen LogP contribution >= 0.6 is 23.2 Å². The molecule has 0 saturated heterocycles. The van der Waals surface area contributed by atoms with E-state index in [4.69, 9.17) is 32.7 Å². The first kappa shape index (κ1) is 28.7. The molecule has 3 heterocycles. The van der Waals surface area contributed by atoms with E-state index in [0.29, 0.717) is 52.3 Å². The molecule has 1 unspecified atom stereocenters. The van der Waals surface area contributed by atoms with Gasteiger partial charge in [-0.15, -0.1) is 0 Å². The Morgan fingerprint density at radius 1 is 1.12 bits per heavy atom. The number of aromatic nitrogens is 4. The first-order chi connectivity index (χ1) is 19.3. The fourth-order valence-corrected chi connectivity index (χ4v) is 4.46. The van der Waals surface area contributed by atoms with E-state index >= 15 is 0 Å². The number of benzene rings is 1. The number of ether oxygens (including phenoxy) is 2. The number of H-pyrrole nitrogens is 2. The molecule has 0 fully saturated rings. The Kier molecular flexibility index (Phi) is 9.46. The van der Waals surface area contributed by atoms with Crippen LogP contribution < -0.4 is 25.7 Å². The number of halogens is 2. The number of methoxy groups -OCH3 is 1. The number of nitrogens with zero attached hydrogens (tertiary/aromatic N) is 2. The van der Waals surface area contributed by atoms with Gasteiger partial charge in [0.2, 0.25) is 5.91 Å². The molecular weight excluding hydrogens is 563 g/mol. The Morgan fingerprint density at radius 3 is 2.58 bits per heavy atom. The van der Waals surface area contributed by atoms with Crippen molar-refractivity contribution in [2.45, 2.75) is 31.7 Å². The number of carbonyl (C=O) groups excluding carboxylic acids is 1. The lowest BCUT2D eigenvalue weighted by molar-refractivity contribution is -0.141. The molecule has 14 heteroatoms. The molecule has 40 heavy (non-hydrogen) atoms. The second-order valence-electron chi connectivity index (χ2n) is 8.71. The van der Waals surface area contributed by atoms with Gasteiger partial charge in [-0.1, -0.05) is 23.2 Å². The lowest BCUT2D eigenvalue weighted by Crippen LogP contribution is -2.42. The van der Waals surface area contributed by atoms with E-state index in [0.717, 1.165) is 0 Å². The molecule has 4 aromatic rings. The lowest BCUT2D eigenvalue weighted by atomic mass is 10.1. The zero-order valence-corrected chi connectivity index (χ0v) is 22.8. The predicted molar refractivity (Wildman–Crippen MR) is 150 cm³/mol. The highest BCUT2D eigenvalue weighted by Gasteiger charge is 2.21. The summed E-state index contributed by atoms with van der Waals surface area (Å²) in [5.41, 5.74) is 1.46. The van der Waals surface area contributed by atoms with Crippen LogP contribution in [0.5, 0.6) is 11.5 Å². The summed E-state index contributed by atoms with van der Waals surface area (Å²) >= 11 is 12.5. The number of carbonyl (C=O) groups is 2. The number of aliphatic carboxylic acids is 1. The average Bonchev–Trinajstić information content (AvgIpc) is 3.43. The molecule has 0 radical (unpaired) electrons. The minimum absolute atomic E-state index is 0.0969. The maximum atomic E-state index is 12.5. The molecule has 0 bridgehead atoms. The lowest BCUT2D eigenvalue weighted by Gasteiger charge is -2.16. The minimum Gasteiger partial charge on any atom is -0.493 e. The first-order valence-electron chi connectivity index (χ1n) is 12.2. The van der Waals surface area contributed by atoms with Crippen LogP contribution in [0.1, 0.15) is 25.0 Å². The second kappa shape index (κ2) is 13.2. The summed E-state index contributed by atoms with van der Waals surface area (Å²) in [5.74, 6) is -0.794. The summed E-state index contributed by atoms with van der Waals surface area (Å²) in [6, 6.07) is 3.77. The molecule has 1 aromatic carbocycles. The number of pyridine rings is 2. The van der Waals surface area contributed by atoms with Crippen LogP contribution in [-0.4, -0.2) is 56.7 Å². The van der Waals surface area contributed by atoms with Gasteiger partial charge < -0.3 is 35.2 Å². The van der Waals surface area contributed by atoms with Crippen molar-refractivity contribution in [3.05, 3.63) is 69.2 Å². The quantitative estimate of drug-likeness (QED) is 0.144. The highest BCUT2D eigenvalue weighted by molar-refractivity contribution is 6.39. The van der Waals surface area contributed by atoms with Gasteiger partial charge in [-0.05, 0) is 25.0 Å². The van der Waals surface area contributed by atoms with E-state index in [1.807, 2.05) is 0 Å². The van der Waals surface area contributed by atoms with Gasteiger partial charge in [-0.3, -0.25) is 14.6 Å². The Bertz CT molecular complexity index is 1540. The van der Waals surface area contributed by atoms with Crippen molar-refractivity contribution in [3.63, 3.8) is 0 Å². The molecule has 0 spiro atoms. The summed E-state index contributed by atoms with van der Waals surface area (Å²) in [6.07, 6.45) is 6.96. The predicted octanol–water partition coefficient (Wildman–Crippen LogP) is 4.07. The smallest absolute Gasteiger partial charge is 0.326 e. The van der Waals surface area contributed by atoms with Crippen molar-refractivity contribution in [1.29, 1.82) is 0 Å². The average molecular weight is 589 g/mol. The normalized spacial score (nSPS) is 11.7. The molecule has 12 nitrogen and oxygen atoms in total. The number of carboxylic acids is 1. The van der Waals surface area contributed by atoms with Crippen LogP contribution in [0.2, 0.25) is 10.0 Å². The molecule has 0 aliphatic carbocycles. The van der Waals surface area contributed by atoms with E-state index in [9.17, 15) is 19.5 Å². The molecule has 0 aliphatic rings. The largest absolute Gasteiger partial charge is 0.493 e. The molecular formula is C26H26Cl2N6O6. The van der Waals surface area contributed by atoms with Crippen molar-refractivity contribution < 1.29 is 24.2 Å². The topological polar surface area (TPSA) is 171 Å². The number of anilines is 2. The summed E-state index contributed by atoms with van der Waals surface area (Å²) < 4.78 is 11.4. The summed E-state index contributed by atoms with van der Waals surface area (Å²) in [6.45, 7) is 0.209. The van der Waals surface area contributed by atoms with Crippen molar-refractivity contribution >= 4 is 57.4 Å². The summed E-state index contributed by atoms with van der Waals surface area (Å²) in [4.78, 5) is 49.8. The second-order valence-corrected chi connectivity index (χ2v) is 9.53. The number of rotatable bonds is 13. The van der Waals surface area contributed by atoms with Crippen LogP contribution in [0.25, 0.3) is 10.9 Å². The number of hydrogen-bond donors (Lipinski definition) is 5. The number of amides is 1. The number of hydrogen-bond acceptors (Lipinski definition) is 8. The summed E-state index contributed by atoms with van der Waals surface area (Å²) in [7, 11) is 1.48. The van der Waals surface area contributed by atoms with Crippen LogP contribution in [0.3, 0.4) is 0 Å². The molecule has 1 atom stereocenters. The maximum Gasteiger partial charge on any atom is 0.326 e. The van der Waals surface area contributed by atoms with Gasteiger partial charge >= 0.3 is 5.97 Å². The third-order valence-corrected chi connectivity index (χ3v) is 6.50. The zero-order valence-electron chi connectivity index (χ0n) is 21.3. The van der Waals surface area contributed by atoms with E-state index in [1.54, 1.807) is 12.1 Å². The van der Waals surface area contributed by atoms with E-state index < -0.39 is 17.6 Å². The molecule has 210 valence electrons. The number of nitrogens with one attached hydrogen (secondary N) is 4. The van der Waals surface area contributed by atoms with Gasteiger partial charge in [-0.25, -0.2) is 9.78 Å². The van der Waals surface area contributed by atoms with E-state index in [-0.39, 0.29) is 35.4 Å². The van der Waals surface area contributed by atoms with Gasteiger partial charge in [0.1, 0.15) is 6.04 Å². The van der Waals surface area contributed by atoms with Crippen LogP contribution in [0.4, 0.5) is 11.4 Å². The molecule has 3 aromatic heterocycles. The van der Waals surface area contributed by atoms with Crippen LogP contribution in [0, 0.1) is 0 Å². The van der Waals surface area contributed by atoms with Crippen molar-refractivity contribution in [1.82, 2.24) is 25.3 Å².